The molecule has 2 aromatic rings. The topological polar surface area (TPSA) is 102 Å². The van der Waals surface area contributed by atoms with Crippen molar-refractivity contribution in [2.45, 2.75) is 13.8 Å². The van der Waals surface area contributed by atoms with Gasteiger partial charge in [-0.05, 0) is 55.8 Å². The summed E-state index contributed by atoms with van der Waals surface area (Å²) in [6, 6.07) is 10.9. The Bertz CT molecular complexity index is 921. The van der Waals surface area contributed by atoms with Crippen molar-refractivity contribution in [2.24, 2.45) is 0 Å². The third kappa shape index (κ3) is 5.32. The first-order valence-electron chi connectivity index (χ1n) is 7.86. The highest BCUT2D eigenvalue weighted by molar-refractivity contribution is 7.92. The molecule has 0 heterocycles. The van der Waals surface area contributed by atoms with E-state index in [2.05, 4.69) is 10.0 Å². The molecule has 0 bridgehead atoms. The van der Waals surface area contributed by atoms with E-state index in [-0.39, 0.29) is 12.5 Å². The Balaban J connectivity index is 2.16. The maximum absolute atomic E-state index is 12.4. The second-order valence-corrected chi connectivity index (χ2v) is 7.40. The summed E-state index contributed by atoms with van der Waals surface area (Å²) in [5, 5.41) is 2.75. The summed E-state index contributed by atoms with van der Waals surface area (Å²) < 4.78 is 29.7. The monoisotopic (exact) mass is 376 g/mol. The van der Waals surface area contributed by atoms with Gasteiger partial charge in [-0.15, -0.1) is 0 Å². The highest BCUT2D eigenvalue weighted by Gasteiger charge is 2.12. The van der Waals surface area contributed by atoms with Gasteiger partial charge in [0.05, 0.1) is 18.4 Å². The van der Waals surface area contributed by atoms with Crippen LogP contribution in [0.3, 0.4) is 0 Å². The number of esters is 1. The van der Waals surface area contributed by atoms with Crippen LogP contribution in [0.2, 0.25) is 0 Å². The lowest BCUT2D eigenvalue weighted by Gasteiger charge is -2.11. The van der Waals surface area contributed by atoms with Crippen molar-refractivity contribution in [3.8, 4) is 0 Å². The maximum atomic E-state index is 12.4. The SMILES string of the molecule is CCOC(=O)c1ccc(C)c(NC(=O)c2ccc(NS(C)(=O)=O)cc2)c1. The van der Waals surface area contributed by atoms with Gasteiger partial charge >= 0.3 is 5.97 Å². The van der Waals surface area contributed by atoms with Gasteiger partial charge in [0, 0.05) is 16.9 Å². The van der Waals surface area contributed by atoms with Crippen LogP contribution in [-0.4, -0.2) is 33.2 Å². The summed E-state index contributed by atoms with van der Waals surface area (Å²) in [6.07, 6.45) is 1.05. The van der Waals surface area contributed by atoms with Gasteiger partial charge in [0.1, 0.15) is 0 Å². The Morgan fingerprint density at radius 3 is 2.23 bits per heavy atom. The summed E-state index contributed by atoms with van der Waals surface area (Å²) in [5.41, 5.74) is 2.36. The van der Waals surface area contributed by atoms with Crippen LogP contribution in [0.15, 0.2) is 42.5 Å². The normalized spacial score (nSPS) is 10.9. The zero-order valence-corrected chi connectivity index (χ0v) is 15.5. The fraction of sp³-hybridized carbons (Fsp3) is 0.222. The molecule has 2 N–H and O–H groups in total. The molecule has 0 fully saturated rings. The molecular formula is C18H20N2O5S. The van der Waals surface area contributed by atoms with Crippen LogP contribution in [-0.2, 0) is 14.8 Å². The van der Waals surface area contributed by atoms with Crippen molar-refractivity contribution in [1.82, 2.24) is 0 Å². The highest BCUT2D eigenvalue weighted by atomic mass is 32.2. The van der Waals surface area contributed by atoms with Gasteiger partial charge < -0.3 is 10.1 Å². The Hall–Kier alpha value is -2.87. The molecule has 1 amide bonds. The van der Waals surface area contributed by atoms with Crippen molar-refractivity contribution in [3.63, 3.8) is 0 Å². The van der Waals surface area contributed by atoms with Gasteiger partial charge in [-0.2, -0.15) is 0 Å². The van der Waals surface area contributed by atoms with E-state index < -0.39 is 16.0 Å². The van der Waals surface area contributed by atoms with E-state index in [4.69, 9.17) is 4.74 Å². The van der Waals surface area contributed by atoms with Crippen molar-refractivity contribution in [1.29, 1.82) is 0 Å². The van der Waals surface area contributed by atoms with Crippen LogP contribution in [0.5, 0.6) is 0 Å². The molecule has 0 atom stereocenters. The molecule has 0 aromatic heterocycles. The van der Waals surface area contributed by atoms with E-state index in [1.807, 2.05) is 6.92 Å². The number of hydrogen-bond acceptors (Lipinski definition) is 5. The van der Waals surface area contributed by atoms with Crippen LogP contribution in [0.25, 0.3) is 0 Å². The first-order valence-corrected chi connectivity index (χ1v) is 9.75. The Labute approximate surface area is 152 Å². The number of sulfonamides is 1. The van der Waals surface area contributed by atoms with Gasteiger partial charge in [-0.25, -0.2) is 13.2 Å². The molecule has 0 spiro atoms. The van der Waals surface area contributed by atoms with Crippen molar-refractivity contribution < 1.29 is 22.7 Å². The summed E-state index contributed by atoms with van der Waals surface area (Å²) in [7, 11) is -3.38. The van der Waals surface area contributed by atoms with Gasteiger partial charge in [-0.1, -0.05) is 6.07 Å². The molecule has 2 rings (SSSR count). The third-order valence-corrected chi connectivity index (χ3v) is 4.05. The number of rotatable bonds is 6. The minimum Gasteiger partial charge on any atom is -0.462 e. The zero-order chi connectivity index (χ0) is 19.3. The molecule has 26 heavy (non-hydrogen) atoms. The van der Waals surface area contributed by atoms with Gasteiger partial charge in [0.2, 0.25) is 10.0 Å². The average molecular weight is 376 g/mol. The second-order valence-electron chi connectivity index (χ2n) is 5.66. The number of aryl methyl sites for hydroxylation is 1. The van der Waals surface area contributed by atoms with Gasteiger partial charge in [-0.3, -0.25) is 9.52 Å². The molecule has 0 radical (unpaired) electrons. The molecule has 0 aliphatic rings. The van der Waals surface area contributed by atoms with E-state index in [1.165, 1.54) is 24.3 Å². The van der Waals surface area contributed by atoms with Crippen molar-refractivity contribution >= 4 is 33.3 Å². The van der Waals surface area contributed by atoms with Crippen LogP contribution in [0.4, 0.5) is 11.4 Å². The molecule has 0 aliphatic heterocycles. The standard InChI is InChI=1S/C18H20N2O5S/c1-4-25-18(22)14-6-5-12(2)16(11-14)19-17(21)13-7-9-15(10-8-13)20-26(3,23)24/h5-11,20H,4H2,1-3H3,(H,19,21). The van der Waals surface area contributed by atoms with Crippen LogP contribution < -0.4 is 10.0 Å². The summed E-state index contributed by atoms with van der Waals surface area (Å²) in [5.74, 6) is -0.834. The second kappa shape index (κ2) is 8.01. The number of carbonyl (C=O) groups excluding carboxylic acids is 2. The molecule has 0 unspecified atom stereocenters. The number of nitrogens with one attached hydrogen (secondary N) is 2. The molecule has 8 heteroatoms. The van der Waals surface area contributed by atoms with E-state index in [1.54, 1.807) is 25.1 Å². The van der Waals surface area contributed by atoms with Crippen LogP contribution in [0.1, 0.15) is 33.2 Å². The highest BCUT2D eigenvalue weighted by Crippen LogP contribution is 2.19. The lowest BCUT2D eigenvalue weighted by molar-refractivity contribution is 0.0526. The summed E-state index contributed by atoms with van der Waals surface area (Å²) >= 11 is 0. The fourth-order valence-corrected chi connectivity index (χ4v) is 2.76. The fourth-order valence-electron chi connectivity index (χ4n) is 2.20. The van der Waals surface area contributed by atoms with E-state index >= 15 is 0 Å². The molecule has 7 nitrogen and oxygen atoms in total. The van der Waals surface area contributed by atoms with Crippen molar-refractivity contribution in [3.05, 3.63) is 59.2 Å². The summed E-state index contributed by atoms with van der Waals surface area (Å²) in [4.78, 5) is 24.2. The Morgan fingerprint density at radius 2 is 1.65 bits per heavy atom. The average Bonchev–Trinajstić information content (AvgIpc) is 2.56. The molecule has 0 saturated carbocycles. The van der Waals surface area contributed by atoms with Crippen LogP contribution >= 0.6 is 0 Å². The quantitative estimate of drug-likeness (QED) is 0.755. The molecule has 0 aliphatic carbocycles. The number of carbonyl (C=O) groups is 2. The summed E-state index contributed by atoms with van der Waals surface area (Å²) in [6.45, 7) is 3.79. The number of benzene rings is 2. The molecule has 138 valence electrons. The smallest absolute Gasteiger partial charge is 0.338 e. The Morgan fingerprint density at radius 1 is 1.04 bits per heavy atom. The third-order valence-electron chi connectivity index (χ3n) is 3.45. The minimum absolute atomic E-state index is 0.266. The number of amides is 1. The van der Waals surface area contributed by atoms with Gasteiger partial charge in [0.25, 0.3) is 5.91 Å². The molecule has 0 saturated heterocycles. The van der Waals surface area contributed by atoms with Crippen molar-refractivity contribution in [2.75, 3.05) is 22.9 Å². The van der Waals surface area contributed by atoms with Crippen LogP contribution in [0, 0.1) is 6.92 Å². The van der Waals surface area contributed by atoms with E-state index in [9.17, 15) is 18.0 Å². The predicted molar refractivity (Wildman–Crippen MR) is 100.0 cm³/mol. The van der Waals surface area contributed by atoms with E-state index in [0.29, 0.717) is 22.5 Å². The number of anilines is 2. The predicted octanol–water partition coefficient (Wildman–Crippen LogP) is 2.80. The first-order chi connectivity index (χ1) is 12.2. The number of hydrogen-bond donors (Lipinski definition) is 2. The molecular weight excluding hydrogens is 356 g/mol. The lowest BCUT2D eigenvalue weighted by atomic mass is 10.1. The lowest BCUT2D eigenvalue weighted by Crippen LogP contribution is -2.14. The largest absolute Gasteiger partial charge is 0.462 e. The minimum atomic E-state index is -3.38. The molecule has 2 aromatic carbocycles. The zero-order valence-electron chi connectivity index (χ0n) is 14.7. The maximum Gasteiger partial charge on any atom is 0.338 e. The number of ether oxygens (including phenoxy) is 1. The van der Waals surface area contributed by atoms with E-state index in [0.717, 1.165) is 11.8 Å². The van der Waals surface area contributed by atoms with Gasteiger partial charge in [0.15, 0.2) is 0 Å². The first kappa shape index (κ1) is 19.5. The Kier molecular flexibility index (Phi) is 5.99.